The van der Waals surface area contributed by atoms with Crippen molar-refractivity contribution in [2.24, 2.45) is 11.8 Å². The number of para-hydroxylation sites is 1. The summed E-state index contributed by atoms with van der Waals surface area (Å²) < 4.78 is 5.43. The summed E-state index contributed by atoms with van der Waals surface area (Å²) in [5, 5.41) is 15.3. The Labute approximate surface area is 216 Å². The zero-order chi connectivity index (χ0) is 25.6. The van der Waals surface area contributed by atoms with Crippen LogP contribution in [0, 0.1) is 11.8 Å². The summed E-state index contributed by atoms with van der Waals surface area (Å²) in [6, 6.07) is 13.6. The number of ether oxygens (including phenoxy) is 1. The number of nitrogens with zero attached hydrogens (tertiary/aromatic N) is 3. The lowest BCUT2D eigenvalue weighted by Crippen LogP contribution is -2.36. The summed E-state index contributed by atoms with van der Waals surface area (Å²) in [4.78, 5) is 35.7. The number of rotatable bonds is 7. The van der Waals surface area contributed by atoms with Crippen LogP contribution in [0.3, 0.4) is 0 Å². The third kappa shape index (κ3) is 6.17. The SMILES string of the molecule is O=C(O)NCC1CCC(CNC(=O)c2cc(-c3ccc(N4CCOCC4)nc3)nc3ccccc23)CC1. The molecule has 1 aromatic carbocycles. The molecule has 1 saturated heterocycles. The monoisotopic (exact) mass is 503 g/mol. The third-order valence-electron chi connectivity index (χ3n) is 7.40. The molecule has 2 amide bonds. The van der Waals surface area contributed by atoms with E-state index in [1.54, 1.807) is 0 Å². The molecule has 2 aromatic heterocycles. The van der Waals surface area contributed by atoms with Crippen LogP contribution in [-0.4, -0.2) is 66.5 Å². The lowest BCUT2D eigenvalue weighted by Gasteiger charge is -2.28. The van der Waals surface area contributed by atoms with Crippen molar-refractivity contribution in [3.05, 3.63) is 54.2 Å². The van der Waals surface area contributed by atoms with Gasteiger partial charge in [-0.05, 0) is 61.8 Å². The molecule has 1 aliphatic carbocycles. The maximum absolute atomic E-state index is 13.3. The predicted octanol–water partition coefficient (Wildman–Crippen LogP) is 3.94. The van der Waals surface area contributed by atoms with Gasteiger partial charge in [0.05, 0.1) is 30.0 Å². The molecule has 194 valence electrons. The first-order chi connectivity index (χ1) is 18.1. The number of fused-ring (bicyclic) bond motifs is 1. The molecule has 1 aliphatic heterocycles. The van der Waals surface area contributed by atoms with E-state index < -0.39 is 6.09 Å². The maximum Gasteiger partial charge on any atom is 0.404 e. The van der Waals surface area contributed by atoms with Crippen molar-refractivity contribution in [1.29, 1.82) is 0 Å². The largest absolute Gasteiger partial charge is 0.465 e. The van der Waals surface area contributed by atoms with Crippen LogP contribution in [0.1, 0.15) is 36.0 Å². The summed E-state index contributed by atoms with van der Waals surface area (Å²) in [5.41, 5.74) is 2.97. The first-order valence-electron chi connectivity index (χ1n) is 13.0. The highest BCUT2D eigenvalue weighted by atomic mass is 16.5. The minimum absolute atomic E-state index is 0.104. The minimum atomic E-state index is -0.970. The van der Waals surface area contributed by atoms with Crippen LogP contribution in [-0.2, 0) is 4.74 Å². The fourth-order valence-corrected chi connectivity index (χ4v) is 5.23. The number of benzene rings is 1. The van der Waals surface area contributed by atoms with Gasteiger partial charge in [0.2, 0.25) is 0 Å². The van der Waals surface area contributed by atoms with Gasteiger partial charge in [-0.15, -0.1) is 0 Å². The van der Waals surface area contributed by atoms with Crippen LogP contribution in [0.2, 0.25) is 0 Å². The number of carbonyl (C=O) groups is 2. The molecule has 1 saturated carbocycles. The molecule has 0 radical (unpaired) electrons. The lowest BCUT2D eigenvalue weighted by molar-refractivity contribution is 0.0942. The maximum atomic E-state index is 13.3. The Kier molecular flexibility index (Phi) is 7.79. The molecule has 9 heteroatoms. The summed E-state index contributed by atoms with van der Waals surface area (Å²) in [6.45, 7) is 4.18. The van der Waals surface area contributed by atoms with Crippen molar-refractivity contribution in [3.63, 3.8) is 0 Å². The fraction of sp³-hybridized carbons (Fsp3) is 0.429. The average molecular weight is 504 g/mol. The molecule has 9 nitrogen and oxygen atoms in total. The number of amides is 2. The van der Waals surface area contributed by atoms with E-state index in [1.165, 1.54) is 0 Å². The fourth-order valence-electron chi connectivity index (χ4n) is 5.23. The van der Waals surface area contributed by atoms with E-state index in [-0.39, 0.29) is 5.91 Å². The molecule has 3 heterocycles. The number of anilines is 1. The third-order valence-corrected chi connectivity index (χ3v) is 7.40. The van der Waals surface area contributed by atoms with Gasteiger partial charge in [-0.25, -0.2) is 14.8 Å². The van der Waals surface area contributed by atoms with Crippen LogP contribution >= 0.6 is 0 Å². The van der Waals surface area contributed by atoms with Gasteiger partial charge < -0.3 is 25.4 Å². The predicted molar refractivity (Wildman–Crippen MR) is 142 cm³/mol. The number of hydrogen-bond acceptors (Lipinski definition) is 6. The van der Waals surface area contributed by atoms with Gasteiger partial charge in [-0.3, -0.25) is 4.79 Å². The minimum Gasteiger partial charge on any atom is -0.465 e. The second-order valence-corrected chi connectivity index (χ2v) is 9.86. The second-order valence-electron chi connectivity index (χ2n) is 9.86. The topological polar surface area (TPSA) is 117 Å². The van der Waals surface area contributed by atoms with E-state index in [2.05, 4.69) is 20.5 Å². The van der Waals surface area contributed by atoms with E-state index in [4.69, 9.17) is 14.8 Å². The van der Waals surface area contributed by atoms with Crippen molar-refractivity contribution < 1.29 is 19.4 Å². The first-order valence-corrected chi connectivity index (χ1v) is 13.0. The Morgan fingerprint density at radius 2 is 1.68 bits per heavy atom. The van der Waals surface area contributed by atoms with Gasteiger partial charge in [0.15, 0.2) is 0 Å². The van der Waals surface area contributed by atoms with Crippen molar-refractivity contribution >= 4 is 28.7 Å². The van der Waals surface area contributed by atoms with E-state index in [9.17, 15) is 9.59 Å². The molecule has 5 rings (SSSR count). The molecule has 2 aliphatic rings. The number of aromatic nitrogens is 2. The van der Waals surface area contributed by atoms with Crippen molar-refractivity contribution in [3.8, 4) is 11.3 Å². The number of pyridine rings is 2. The Morgan fingerprint density at radius 1 is 0.973 bits per heavy atom. The van der Waals surface area contributed by atoms with Crippen LogP contribution in [0.25, 0.3) is 22.2 Å². The Balaban J connectivity index is 1.27. The number of nitrogens with one attached hydrogen (secondary N) is 2. The van der Waals surface area contributed by atoms with Crippen molar-refractivity contribution in [1.82, 2.24) is 20.6 Å². The van der Waals surface area contributed by atoms with E-state index in [0.717, 1.165) is 66.8 Å². The highest BCUT2D eigenvalue weighted by Crippen LogP contribution is 2.29. The van der Waals surface area contributed by atoms with E-state index >= 15 is 0 Å². The molecule has 3 N–H and O–H groups in total. The van der Waals surface area contributed by atoms with Gasteiger partial charge in [0.25, 0.3) is 5.91 Å². The quantitative estimate of drug-likeness (QED) is 0.447. The second kappa shape index (κ2) is 11.6. The van der Waals surface area contributed by atoms with Crippen LogP contribution in [0.15, 0.2) is 48.7 Å². The molecule has 0 atom stereocenters. The zero-order valence-electron chi connectivity index (χ0n) is 20.9. The molecule has 0 unspecified atom stereocenters. The highest BCUT2D eigenvalue weighted by Gasteiger charge is 2.23. The summed E-state index contributed by atoms with van der Waals surface area (Å²) >= 11 is 0. The standard InChI is InChI=1S/C28H33N5O4/c34-27(30-16-19-5-7-20(8-6-19)17-31-28(35)36)23-15-25(32-24-4-2-1-3-22(23)24)21-9-10-26(29-18-21)33-11-13-37-14-12-33/h1-4,9-10,15,18-20,31H,5-8,11-14,16-17H2,(H,30,34)(H,35,36). The Morgan fingerprint density at radius 3 is 2.35 bits per heavy atom. The highest BCUT2D eigenvalue weighted by molar-refractivity contribution is 6.07. The first kappa shape index (κ1) is 25.0. The number of carboxylic acid groups (broad SMARTS) is 1. The number of hydrogen-bond donors (Lipinski definition) is 3. The number of morpholine rings is 1. The van der Waals surface area contributed by atoms with Gasteiger partial charge in [-0.2, -0.15) is 0 Å². The van der Waals surface area contributed by atoms with Gasteiger partial charge in [0.1, 0.15) is 5.82 Å². The van der Waals surface area contributed by atoms with Crippen LogP contribution < -0.4 is 15.5 Å². The van der Waals surface area contributed by atoms with Gasteiger partial charge >= 0.3 is 6.09 Å². The van der Waals surface area contributed by atoms with Crippen molar-refractivity contribution in [2.45, 2.75) is 25.7 Å². The lowest BCUT2D eigenvalue weighted by atomic mass is 9.82. The summed E-state index contributed by atoms with van der Waals surface area (Å²) in [6.07, 6.45) is 4.75. The molecule has 3 aromatic rings. The van der Waals surface area contributed by atoms with Crippen LogP contribution in [0.4, 0.5) is 10.6 Å². The van der Waals surface area contributed by atoms with Crippen molar-refractivity contribution in [2.75, 3.05) is 44.3 Å². The molecule has 0 spiro atoms. The Hall–Kier alpha value is -3.72. The molecule has 37 heavy (non-hydrogen) atoms. The summed E-state index contributed by atoms with van der Waals surface area (Å²) in [5.74, 6) is 1.58. The molecule has 2 fully saturated rings. The van der Waals surface area contributed by atoms with E-state index in [1.807, 2.05) is 48.7 Å². The van der Waals surface area contributed by atoms with Crippen LogP contribution in [0.5, 0.6) is 0 Å². The average Bonchev–Trinajstić information content (AvgIpc) is 2.95. The van der Waals surface area contributed by atoms with E-state index in [0.29, 0.717) is 43.7 Å². The van der Waals surface area contributed by atoms with Gasteiger partial charge in [-0.1, -0.05) is 18.2 Å². The Bertz CT molecular complexity index is 1240. The molecular weight excluding hydrogens is 470 g/mol. The number of carbonyl (C=O) groups excluding carboxylic acids is 1. The molecule has 0 bridgehead atoms. The molecular formula is C28H33N5O4. The smallest absolute Gasteiger partial charge is 0.404 e. The summed E-state index contributed by atoms with van der Waals surface area (Å²) in [7, 11) is 0. The normalized spacial score (nSPS) is 19.9. The zero-order valence-corrected chi connectivity index (χ0v) is 20.9. The van der Waals surface area contributed by atoms with Gasteiger partial charge in [0, 0.05) is 43.3 Å².